The molecule has 2 aromatic heterocycles. The van der Waals surface area contributed by atoms with E-state index < -0.39 is 0 Å². The van der Waals surface area contributed by atoms with Gasteiger partial charge in [-0.25, -0.2) is 9.97 Å². The number of allylic oxidation sites excluding steroid dienone is 1. The van der Waals surface area contributed by atoms with Gasteiger partial charge in [0.1, 0.15) is 11.6 Å². The van der Waals surface area contributed by atoms with E-state index in [0.717, 1.165) is 16.8 Å². The number of anilines is 1. The number of rotatable bonds is 4. The largest absolute Gasteiger partial charge is 0.451 e. The van der Waals surface area contributed by atoms with E-state index in [1.54, 1.807) is 13.1 Å². The average Bonchev–Trinajstić information content (AvgIpc) is 3.26. The molecule has 3 rings (SSSR count). The van der Waals surface area contributed by atoms with Crippen LogP contribution in [0.3, 0.4) is 0 Å². The number of hydrogen-bond acceptors (Lipinski definition) is 5. The van der Waals surface area contributed by atoms with E-state index in [1.165, 1.54) is 12.8 Å². The molecule has 2 N–H and O–H groups in total. The first-order valence-corrected chi connectivity index (χ1v) is 6.97. The van der Waals surface area contributed by atoms with Crippen LogP contribution in [0.2, 0.25) is 0 Å². The zero-order valence-electron chi connectivity index (χ0n) is 12.3. The Morgan fingerprint density at radius 3 is 2.67 bits per heavy atom. The maximum atomic E-state index is 5.92. The van der Waals surface area contributed by atoms with Crippen LogP contribution in [0.4, 0.5) is 5.82 Å². The van der Waals surface area contributed by atoms with Crippen molar-refractivity contribution in [1.29, 1.82) is 0 Å². The van der Waals surface area contributed by atoms with Gasteiger partial charge < -0.3 is 10.5 Å². The number of ether oxygens (including phenoxy) is 1. The summed E-state index contributed by atoms with van der Waals surface area (Å²) in [5.41, 5.74) is 8.72. The monoisotopic (exact) mass is 282 g/mol. The summed E-state index contributed by atoms with van der Waals surface area (Å²) in [6.45, 7) is 7.69. The summed E-state index contributed by atoms with van der Waals surface area (Å²) in [6.07, 6.45) is 5.79. The van der Waals surface area contributed by atoms with Gasteiger partial charge in [-0.1, -0.05) is 6.58 Å². The molecule has 1 saturated carbocycles. The minimum atomic E-state index is 0.333. The van der Waals surface area contributed by atoms with Crippen molar-refractivity contribution in [1.82, 2.24) is 15.0 Å². The van der Waals surface area contributed by atoms with Crippen LogP contribution in [0, 0.1) is 6.92 Å². The molecule has 108 valence electrons. The van der Waals surface area contributed by atoms with Crippen LogP contribution in [0.5, 0.6) is 11.5 Å². The van der Waals surface area contributed by atoms with Gasteiger partial charge in [0.15, 0.2) is 11.6 Å². The first-order chi connectivity index (χ1) is 10.0. The van der Waals surface area contributed by atoms with Gasteiger partial charge in [0.25, 0.3) is 0 Å². The lowest BCUT2D eigenvalue weighted by Crippen LogP contribution is -2.01. The molecule has 0 unspecified atom stereocenters. The molecular weight excluding hydrogens is 264 g/mol. The van der Waals surface area contributed by atoms with Gasteiger partial charge in [-0.3, -0.25) is 4.98 Å². The van der Waals surface area contributed by atoms with Crippen molar-refractivity contribution in [2.45, 2.75) is 32.6 Å². The van der Waals surface area contributed by atoms with Crippen molar-refractivity contribution < 1.29 is 4.74 Å². The van der Waals surface area contributed by atoms with E-state index in [9.17, 15) is 0 Å². The van der Waals surface area contributed by atoms with Gasteiger partial charge in [-0.2, -0.15) is 0 Å². The standard InChI is InChI=1S/C16H18N4O/c1-9(2)12-7-19-13(11-4-5-11)6-14(12)21-15-8-18-10(3)20-16(15)17/h6-8,11H,1,4-5H2,2-3H3,(H2,17,18,20). The Balaban J connectivity index is 1.98. The van der Waals surface area contributed by atoms with E-state index >= 15 is 0 Å². The minimum Gasteiger partial charge on any atom is -0.451 e. The molecule has 1 aliphatic carbocycles. The van der Waals surface area contributed by atoms with E-state index in [4.69, 9.17) is 10.5 Å². The lowest BCUT2D eigenvalue weighted by molar-refractivity contribution is 0.476. The van der Waals surface area contributed by atoms with E-state index in [1.807, 2.05) is 19.2 Å². The summed E-state index contributed by atoms with van der Waals surface area (Å²) < 4.78 is 5.92. The van der Waals surface area contributed by atoms with Gasteiger partial charge in [0.05, 0.1) is 6.20 Å². The number of aryl methyl sites for hydroxylation is 1. The van der Waals surface area contributed by atoms with E-state index in [0.29, 0.717) is 29.1 Å². The molecule has 5 nitrogen and oxygen atoms in total. The Morgan fingerprint density at radius 2 is 2.05 bits per heavy atom. The third-order valence-electron chi connectivity index (χ3n) is 3.47. The highest BCUT2D eigenvalue weighted by atomic mass is 16.5. The lowest BCUT2D eigenvalue weighted by Gasteiger charge is -2.13. The van der Waals surface area contributed by atoms with Gasteiger partial charge in [0.2, 0.25) is 0 Å². The van der Waals surface area contributed by atoms with Gasteiger partial charge in [-0.15, -0.1) is 0 Å². The minimum absolute atomic E-state index is 0.333. The number of aromatic nitrogens is 3. The van der Waals surface area contributed by atoms with Crippen LogP contribution in [0.15, 0.2) is 25.0 Å². The smallest absolute Gasteiger partial charge is 0.187 e. The molecule has 0 saturated heterocycles. The van der Waals surface area contributed by atoms with Crippen molar-refractivity contribution in [3.8, 4) is 11.5 Å². The van der Waals surface area contributed by atoms with E-state index in [2.05, 4.69) is 21.5 Å². The predicted octanol–water partition coefficient (Wildman–Crippen LogP) is 3.47. The van der Waals surface area contributed by atoms with Gasteiger partial charge >= 0.3 is 0 Å². The topological polar surface area (TPSA) is 73.9 Å². The molecule has 0 radical (unpaired) electrons. The molecule has 0 amide bonds. The number of nitrogens with two attached hydrogens (primary N) is 1. The van der Waals surface area contributed by atoms with Crippen molar-refractivity contribution in [3.05, 3.63) is 42.1 Å². The average molecular weight is 282 g/mol. The van der Waals surface area contributed by atoms with Crippen molar-refractivity contribution >= 4 is 11.4 Å². The molecule has 2 aromatic rings. The number of nitrogens with zero attached hydrogens (tertiary/aromatic N) is 3. The quantitative estimate of drug-likeness (QED) is 0.929. The molecule has 21 heavy (non-hydrogen) atoms. The molecule has 2 heterocycles. The second-order valence-electron chi connectivity index (χ2n) is 5.43. The summed E-state index contributed by atoms with van der Waals surface area (Å²) in [5.74, 6) is 2.67. The highest BCUT2D eigenvalue weighted by Crippen LogP contribution is 2.41. The van der Waals surface area contributed by atoms with Crippen LogP contribution in [-0.2, 0) is 0 Å². The van der Waals surface area contributed by atoms with Crippen molar-refractivity contribution in [3.63, 3.8) is 0 Å². The SMILES string of the molecule is C=C(C)c1cnc(C2CC2)cc1Oc1cnc(C)nc1N. The Bertz CT molecular complexity index is 707. The fourth-order valence-corrected chi connectivity index (χ4v) is 2.13. The Hall–Kier alpha value is -2.43. The third kappa shape index (κ3) is 2.86. The van der Waals surface area contributed by atoms with Crippen LogP contribution in [-0.4, -0.2) is 15.0 Å². The lowest BCUT2D eigenvalue weighted by atomic mass is 10.1. The third-order valence-corrected chi connectivity index (χ3v) is 3.47. The first kappa shape index (κ1) is 13.5. The van der Waals surface area contributed by atoms with Crippen LogP contribution in [0.1, 0.15) is 42.8 Å². The number of hydrogen-bond donors (Lipinski definition) is 1. The molecule has 0 aliphatic heterocycles. The molecule has 5 heteroatoms. The Kier molecular flexibility index (Phi) is 3.33. The summed E-state index contributed by atoms with van der Waals surface area (Å²) in [6, 6.07) is 1.97. The molecular formula is C16H18N4O. The summed E-state index contributed by atoms with van der Waals surface area (Å²) in [4.78, 5) is 12.7. The van der Waals surface area contributed by atoms with Gasteiger partial charge in [0, 0.05) is 29.4 Å². The van der Waals surface area contributed by atoms with Gasteiger partial charge in [-0.05, 0) is 32.3 Å². The summed E-state index contributed by atoms with van der Waals surface area (Å²) in [5, 5.41) is 0. The van der Waals surface area contributed by atoms with Crippen molar-refractivity contribution in [2.24, 2.45) is 0 Å². The fraction of sp³-hybridized carbons (Fsp3) is 0.312. The Morgan fingerprint density at radius 1 is 1.29 bits per heavy atom. The van der Waals surface area contributed by atoms with Crippen LogP contribution < -0.4 is 10.5 Å². The number of pyridine rings is 1. The second-order valence-corrected chi connectivity index (χ2v) is 5.43. The van der Waals surface area contributed by atoms with Crippen molar-refractivity contribution in [2.75, 3.05) is 5.73 Å². The second kappa shape index (κ2) is 5.16. The molecule has 0 aromatic carbocycles. The zero-order chi connectivity index (χ0) is 15.0. The molecule has 1 fully saturated rings. The molecule has 0 spiro atoms. The summed E-state index contributed by atoms with van der Waals surface area (Å²) >= 11 is 0. The molecule has 0 atom stereocenters. The molecule has 1 aliphatic rings. The highest BCUT2D eigenvalue weighted by molar-refractivity contribution is 5.67. The Labute approximate surface area is 123 Å². The first-order valence-electron chi connectivity index (χ1n) is 6.97. The fourth-order valence-electron chi connectivity index (χ4n) is 2.13. The summed E-state index contributed by atoms with van der Waals surface area (Å²) in [7, 11) is 0. The maximum Gasteiger partial charge on any atom is 0.187 e. The van der Waals surface area contributed by atoms with E-state index in [-0.39, 0.29) is 0 Å². The normalized spacial score (nSPS) is 14.0. The highest BCUT2D eigenvalue weighted by Gasteiger charge is 2.26. The molecule has 0 bridgehead atoms. The van der Waals surface area contributed by atoms with Crippen LogP contribution in [0.25, 0.3) is 5.57 Å². The van der Waals surface area contributed by atoms with Crippen LogP contribution >= 0.6 is 0 Å². The number of nitrogen functional groups attached to an aromatic ring is 1. The predicted molar refractivity (Wildman–Crippen MR) is 82.2 cm³/mol. The maximum absolute atomic E-state index is 5.92. The zero-order valence-corrected chi connectivity index (χ0v) is 12.3.